The topological polar surface area (TPSA) is 101 Å². The first-order chi connectivity index (χ1) is 15.5. The number of nitrogens with zero attached hydrogens (tertiary/aromatic N) is 7. The van der Waals surface area contributed by atoms with Crippen molar-refractivity contribution in [2.45, 2.75) is 32.4 Å². The van der Waals surface area contributed by atoms with Crippen molar-refractivity contribution in [2.75, 3.05) is 0 Å². The van der Waals surface area contributed by atoms with Crippen LogP contribution in [0.3, 0.4) is 0 Å². The van der Waals surface area contributed by atoms with Crippen LogP contribution in [0.5, 0.6) is 0 Å². The number of nitriles is 1. The number of hydrogen-bond acceptors (Lipinski definition) is 7. The first-order valence-corrected chi connectivity index (χ1v) is 8.86. The van der Waals surface area contributed by atoms with E-state index in [0.29, 0.717) is 0 Å². The molecule has 0 amide bonds. The third-order valence-corrected chi connectivity index (χ3v) is 4.62. The lowest BCUT2D eigenvalue weighted by Crippen LogP contribution is -2.21. The summed E-state index contributed by atoms with van der Waals surface area (Å²) in [7, 11) is 0. The number of benzene rings is 1. The monoisotopic (exact) mass is 491 g/mol. The smallest absolute Gasteiger partial charge is 0.247 e. The van der Waals surface area contributed by atoms with Crippen LogP contribution in [0, 0.1) is 25.2 Å². The van der Waals surface area contributed by atoms with Gasteiger partial charge in [0.15, 0.2) is 22.8 Å². The molecular formula is C18H6F9N7. The summed E-state index contributed by atoms with van der Waals surface area (Å²) in [6.45, 7) is 2.21. The summed E-state index contributed by atoms with van der Waals surface area (Å²) in [5.41, 5.74) is -12.1. The lowest BCUT2D eigenvalue weighted by atomic mass is 10.1. The maximum Gasteiger partial charge on any atom is 0.435 e. The van der Waals surface area contributed by atoms with Crippen molar-refractivity contribution in [1.29, 1.82) is 5.26 Å². The molecule has 0 unspecified atom stereocenters. The zero-order chi connectivity index (χ0) is 25.4. The summed E-state index contributed by atoms with van der Waals surface area (Å²) in [5, 5.41) is 9.20. The Morgan fingerprint density at radius 2 is 0.824 bits per heavy atom. The zero-order valence-corrected chi connectivity index (χ0v) is 16.5. The second kappa shape index (κ2) is 7.05. The summed E-state index contributed by atoms with van der Waals surface area (Å²) in [4.78, 5) is 20.9. The number of hydrogen-bond donors (Lipinski definition) is 0. The third-order valence-electron chi connectivity index (χ3n) is 4.62. The summed E-state index contributed by atoms with van der Waals surface area (Å²) in [6, 6.07) is 1.61. The molecule has 0 aliphatic carbocycles. The molecule has 176 valence electrons. The lowest BCUT2D eigenvalue weighted by molar-refractivity contribution is -0.167. The second-order valence-electron chi connectivity index (χ2n) is 6.93. The van der Waals surface area contributed by atoms with Gasteiger partial charge in [-0.3, -0.25) is 0 Å². The molecule has 0 bridgehead atoms. The van der Waals surface area contributed by atoms with Crippen molar-refractivity contribution in [2.24, 2.45) is 0 Å². The summed E-state index contributed by atoms with van der Waals surface area (Å²) in [5.74, 6) is 0. The predicted molar refractivity (Wildman–Crippen MR) is 94.9 cm³/mol. The van der Waals surface area contributed by atoms with Gasteiger partial charge in [-0.25, -0.2) is 29.9 Å². The minimum Gasteiger partial charge on any atom is -0.247 e. The molecule has 0 N–H and O–H groups in total. The number of rotatable bonds is 0. The highest BCUT2D eigenvalue weighted by molar-refractivity contribution is 6.18. The average molecular weight is 491 g/mol. The Hall–Kier alpha value is -3.90. The number of halogens is 9. The molecular weight excluding hydrogens is 485 g/mol. The van der Waals surface area contributed by atoms with Crippen molar-refractivity contribution in [3.05, 3.63) is 34.2 Å². The van der Waals surface area contributed by atoms with Gasteiger partial charge in [0.2, 0.25) is 0 Å². The second-order valence-corrected chi connectivity index (χ2v) is 6.93. The highest BCUT2D eigenvalue weighted by Crippen LogP contribution is 2.41. The van der Waals surface area contributed by atoms with Gasteiger partial charge in [-0.15, -0.1) is 0 Å². The van der Waals surface area contributed by atoms with Crippen molar-refractivity contribution in [3.8, 4) is 6.07 Å². The molecule has 3 heterocycles. The fourth-order valence-corrected chi connectivity index (χ4v) is 3.23. The molecule has 7 nitrogen and oxygen atoms in total. The van der Waals surface area contributed by atoms with Gasteiger partial charge in [0.1, 0.15) is 39.2 Å². The highest BCUT2D eigenvalue weighted by atomic mass is 19.4. The summed E-state index contributed by atoms with van der Waals surface area (Å²) < 4.78 is 121. The molecule has 0 aliphatic rings. The van der Waals surface area contributed by atoms with Gasteiger partial charge in [-0.05, 0) is 13.8 Å². The molecule has 34 heavy (non-hydrogen) atoms. The van der Waals surface area contributed by atoms with E-state index in [1.54, 1.807) is 6.07 Å². The SMILES string of the molecule is Cc1nc2c3nc(C)c(C(F)(F)F)nc3c3nc(C(F)(F)F)c(C(F)(F)F)nc3c2nc1C#N. The maximum absolute atomic E-state index is 13.4. The van der Waals surface area contributed by atoms with Gasteiger partial charge >= 0.3 is 18.5 Å². The molecule has 3 aromatic heterocycles. The first kappa shape index (κ1) is 23.3. The van der Waals surface area contributed by atoms with Crippen LogP contribution >= 0.6 is 0 Å². The Kier molecular flexibility index (Phi) is 4.82. The minimum absolute atomic E-state index is 0.0640. The van der Waals surface area contributed by atoms with Crippen LogP contribution in [0.25, 0.3) is 33.1 Å². The fourth-order valence-electron chi connectivity index (χ4n) is 3.23. The minimum atomic E-state index is -5.67. The van der Waals surface area contributed by atoms with Crippen LogP contribution in [0.15, 0.2) is 0 Å². The molecule has 0 radical (unpaired) electrons. The van der Waals surface area contributed by atoms with Gasteiger partial charge in [-0.2, -0.15) is 44.8 Å². The largest absolute Gasteiger partial charge is 0.435 e. The number of fused-ring (bicyclic) bond motifs is 6. The molecule has 0 fully saturated rings. The van der Waals surface area contributed by atoms with E-state index in [2.05, 4.69) is 29.9 Å². The molecule has 4 aromatic rings. The lowest BCUT2D eigenvalue weighted by Gasteiger charge is -2.17. The van der Waals surface area contributed by atoms with Crippen LogP contribution in [-0.4, -0.2) is 29.9 Å². The van der Waals surface area contributed by atoms with Crippen molar-refractivity contribution >= 4 is 33.1 Å². The van der Waals surface area contributed by atoms with Gasteiger partial charge in [0, 0.05) is 0 Å². The van der Waals surface area contributed by atoms with Gasteiger partial charge < -0.3 is 0 Å². The van der Waals surface area contributed by atoms with Crippen molar-refractivity contribution < 1.29 is 39.5 Å². The molecule has 16 heteroatoms. The Balaban J connectivity index is 2.37. The van der Waals surface area contributed by atoms with E-state index < -0.39 is 80.1 Å². The molecule has 0 saturated heterocycles. The standard InChI is InChI=1S/C18H6F9N7/c1-4-6(3-28)31-9-7(29-4)8-10(32-13(5(2)30-8)16(19,20)21)12-11(9)33-14(17(22,23)24)15(34-12)18(25,26)27/h1-2H3. The summed E-state index contributed by atoms with van der Waals surface area (Å²) in [6.07, 6.45) is -16.4. The quantitative estimate of drug-likeness (QED) is 0.250. The summed E-state index contributed by atoms with van der Waals surface area (Å²) >= 11 is 0. The molecule has 4 rings (SSSR count). The molecule has 1 aromatic carbocycles. The normalized spacial score (nSPS) is 13.1. The van der Waals surface area contributed by atoms with Crippen LogP contribution < -0.4 is 0 Å². The van der Waals surface area contributed by atoms with E-state index in [9.17, 15) is 44.8 Å². The maximum atomic E-state index is 13.4. The Labute approximate surface area is 181 Å². The van der Waals surface area contributed by atoms with E-state index in [1.165, 1.54) is 6.92 Å². The number of aromatic nitrogens is 6. The number of alkyl halides is 9. The van der Waals surface area contributed by atoms with E-state index in [1.807, 2.05) is 0 Å². The average Bonchev–Trinajstić information content (AvgIpc) is 2.70. The Morgan fingerprint density at radius 3 is 1.21 bits per heavy atom. The fraction of sp³-hybridized carbons (Fsp3) is 0.278. The van der Waals surface area contributed by atoms with Gasteiger partial charge in [0.25, 0.3) is 0 Å². The third kappa shape index (κ3) is 3.56. The number of aryl methyl sites for hydroxylation is 2. The van der Waals surface area contributed by atoms with E-state index in [0.717, 1.165) is 6.92 Å². The molecule has 0 saturated carbocycles. The van der Waals surface area contributed by atoms with Gasteiger partial charge in [0.05, 0.1) is 11.4 Å². The van der Waals surface area contributed by atoms with Crippen molar-refractivity contribution in [1.82, 2.24) is 29.9 Å². The van der Waals surface area contributed by atoms with E-state index in [4.69, 9.17) is 0 Å². The van der Waals surface area contributed by atoms with Crippen LogP contribution in [0.1, 0.15) is 34.2 Å². The predicted octanol–water partition coefficient (Wildman–Crippen LogP) is 5.06. The Bertz CT molecular complexity index is 1550. The van der Waals surface area contributed by atoms with Gasteiger partial charge in [-0.1, -0.05) is 0 Å². The Morgan fingerprint density at radius 1 is 0.500 bits per heavy atom. The molecule has 0 atom stereocenters. The molecule has 0 spiro atoms. The van der Waals surface area contributed by atoms with Crippen LogP contribution in [0.2, 0.25) is 0 Å². The highest BCUT2D eigenvalue weighted by Gasteiger charge is 2.47. The van der Waals surface area contributed by atoms with E-state index >= 15 is 0 Å². The van der Waals surface area contributed by atoms with Crippen molar-refractivity contribution in [3.63, 3.8) is 0 Å². The zero-order valence-electron chi connectivity index (χ0n) is 16.5. The van der Waals surface area contributed by atoms with E-state index in [-0.39, 0.29) is 5.69 Å². The molecule has 0 aliphatic heterocycles. The van der Waals surface area contributed by atoms with Crippen LogP contribution in [-0.2, 0) is 18.5 Å². The van der Waals surface area contributed by atoms with Crippen LogP contribution in [0.4, 0.5) is 39.5 Å². The first-order valence-electron chi connectivity index (χ1n) is 8.86.